The second-order valence-electron chi connectivity index (χ2n) is 3.61. The molecule has 2 aliphatic heterocycles. The fraction of sp³-hybridized carbons (Fsp3) is 1.00. The summed E-state index contributed by atoms with van der Waals surface area (Å²) in [5, 5.41) is 12.2. The number of hydrogen-bond donors (Lipinski definition) is 2. The summed E-state index contributed by atoms with van der Waals surface area (Å²) in [5.74, 6) is -1.26. The minimum Gasteiger partial charge on any atom is -0.380 e. The van der Waals surface area contributed by atoms with Crippen molar-refractivity contribution in [3.05, 3.63) is 0 Å². The number of hydrogen-bond acceptors (Lipinski definition) is 2. The molecule has 1 aliphatic carbocycles. The molecule has 70 valence electrons. The molecule has 1 saturated carbocycles. The fourth-order valence-corrected chi connectivity index (χ4v) is 2.25. The molecule has 2 heterocycles. The summed E-state index contributed by atoms with van der Waals surface area (Å²) < 4.78 is 37.0. The van der Waals surface area contributed by atoms with Gasteiger partial charge in [0.2, 0.25) is 0 Å². The van der Waals surface area contributed by atoms with Crippen LogP contribution in [0.3, 0.4) is 0 Å². The molecule has 2 bridgehead atoms. The lowest BCUT2D eigenvalue weighted by Crippen LogP contribution is -2.72. The van der Waals surface area contributed by atoms with Crippen LogP contribution in [0.2, 0.25) is 0 Å². The van der Waals surface area contributed by atoms with Crippen LogP contribution in [-0.2, 0) is 0 Å². The van der Waals surface area contributed by atoms with Crippen molar-refractivity contribution in [1.82, 2.24) is 5.32 Å². The van der Waals surface area contributed by atoms with Crippen molar-refractivity contribution < 1.29 is 18.3 Å². The van der Waals surface area contributed by atoms with E-state index in [0.717, 1.165) is 0 Å². The maximum atomic E-state index is 12.3. The van der Waals surface area contributed by atoms with E-state index in [4.69, 9.17) is 0 Å². The quantitative estimate of drug-likeness (QED) is 0.571. The standard InChI is InChI=1S/C7H10F3NO/c8-7(9,10)6(12)4-1-5(6)3-11-2-4/h4-5,11-12H,1-3H2/t4-,5-/m0/s1. The van der Waals surface area contributed by atoms with Gasteiger partial charge in [-0.05, 0) is 6.42 Å². The average molecular weight is 181 g/mol. The molecule has 3 aliphatic rings. The molecule has 3 fully saturated rings. The van der Waals surface area contributed by atoms with Gasteiger partial charge < -0.3 is 10.4 Å². The highest BCUT2D eigenvalue weighted by atomic mass is 19.4. The van der Waals surface area contributed by atoms with Gasteiger partial charge in [-0.15, -0.1) is 0 Å². The SMILES string of the molecule is OC1(C(F)(F)F)[C@@H]2CNC[C@@H]1C2. The molecule has 0 unspecified atom stereocenters. The van der Waals surface area contributed by atoms with Crippen LogP contribution >= 0.6 is 0 Å². The topological polar surface area (TPSA) is 32.3 Å². The lowest BCUT2D eigenvalue weighted by atomic mass is 9.58. The Bertz CT molecular complexity index is 189. The van der Waals surface area contributed by atoms with E-state index in [0.29, 0.717) is 6.42 Å². The van der Waals surface area contributed by atoms with Gasteiger partial charge in [0.25, 0.3) is 0 Å². The second-order valence-corrected chi connectivity index (χ2v) is 3.61. The Morgan fingerprint density at radius 3 is 2.00 bits per heavy atom. The molecule has 2 N–H and O–H groups in total. The normalized spacial score (nSPS) is 47.0. The molecule has 0 aromatic heterocycles. The van der Waals surface area contributed by atoms with Gasteiger partial charge in [0, 0.05) is 24.9 Å². The van der Waals surface area contributed by atoms with Crippen LogP contribution in [-0.4, -0.2) is 30.0 Å². The molecule has 0 spiro atoms. The first-order valence-corrected chi connectivity index (χ1v) is 3.96. The minimum atomic E-state index is -4.46. The molecule has 5 heteroatoms. The molecule has 2 saturated heterocycles. The number of nitrogens with one attached hydrogen (secondary N) is 1. The first-order chi connectivity index (χ1) is 5.46. The van der Waals surface area contributed by atoms with E-state index in [-0.39, 0.29) is 13.1 Å². The Labute approximate surface area is 67.8 Å². The Morgan fingerprint density at radius 2 is 1.75 bits per heavy atom. The lowest BCUT2D eigenvalue weighted by Gasteiger charge is -2.56. The highest BCUT2D eigenvalue weighted by molar-refractivity contribution is 5.11. The minimum absolute atomic E-state index is 0.284. The summed E-state index contributed by atoms with van der Waals surface area (Å²) >= 11 is 0. The first-order valence-electron chi connectivity index (χ1n) is 3.96. The third kappa shape index (κ3) is 0.781. The van der Waals surface area contributed by atoms with Crippen LogP contribution in [0.5, 0.6) is 0 Å². The molecule has 0 amide bonds. The summed E-state index contributed by atoms with van der Waals surface area (Å²) in [7, 11) is 0. The van der Waals surface area contributed by atoms with Crippen molar-refractivity contribution in [1.29, 1.82) is 0 Å². The highest BCUT2D eigenvalue weighted by Crippen LogP contribution is 2.54. The largest absolute Gasteiger partial charge is 0.417 e. The third-order valence-electron chi connectivity index (χ3n) is 3.05. The molecule has 2 nitrogen and oxygen atoms in total. The molecule has 12 heavy (non-hydrogen) atoms. The smallest absolute Gasteiger partial charge is 0.380 e. The van der Waals surface area contributed by atoms with Crippen LogP contribution in [0.4, 0.5) is 13.2 Å². The van der Waals surface area contributed by atoms with Crippen LogP contribution < -0.4 is 5.32 Å². The number of piperidine rings is 2. The highest BCUT2D eigenvalue weighted by Gasteiger charge is 2.70. The lowest BCUT2D eigenvalue weighted by molar-refractivity contribution is -0.341. The van der Waals surface area contributed by atoms with Crippen molar-refractivity contribution in [2.75, 3.05) is 13.1 Å². The monoisotopic (exact) mass is 181 g/mol. The predicted octanol–water partition coefficient (Wildman–Crippen LogP) is 0.519. The van der Waals surface area contributed by atoms with Gasteiger partial charge in [0.05, 0.1) is 0 Å². The molecule has 2 atom stereocenters. The molecule has 0 aromatic rings. The fourth-order valence-electron chi connectivity index (χ4n) is 2.25. The van der Waals surface area contributed by atoms with Crippen LogP contribution in [0.1, 0.15) is 6.42 Å². The Hall–Kier alpha value is -0.290. The summed E-state index contributed by atoms with van der Waals surface area (Å²) in [6.45, 7) is 0.568. The van der Waals surface area contributed by atoms with Crippen LogP contribution in [0, 0.1) is 11.8 Å². The zero-order valence-electron chi connectivity index (χ0n) is 6.36. The third-order valence-corrected chi connectivity index (χ3v) is 3.05. The Balaban J connectivity index is 2.22. The number of aliphatic hydroxyl groups is 1. The number of rotatable bonds is 0. The first kappa shape index (κ1) is 8.31. The number of alkyl halides is 3. The zero-order chi connectivity index (χ0) is 8.98. The van der Waals surface area contributed by atoms with Crippen molar-refractivity contribution in [3.8, 4) is 0 Å². The maximum absolute atomic E-state index is 12.3. The predicted molar refractivity (Wildman–Crippen MR) is 35.5 cm³/mol. The average Bonchev–Trinajstić information content (AvgIpc) is 2.02. The summed E-state index contributed by atoms with van der Waals surface area (Å²) in [4.78, 5) is 0. The maximum Gasteiger partial charge on any atom is 0.417 e. The molecule has 0 radical (unpaired) electrons. The van der Waals surface area contributed by atoms with Crippen molar-refractivity contribution in [2.45, 2.75) is 18.2 Å². The van der Waals surface area contributed by atoms with E-state index >= 15 is 0 Å². The molecule has 0 aromatic carbocycles. The van der Waals surface area contributed by atoms with E-state index in [1.165, 1.54) is 0 Å². The number of halogens is 3. The van der Waals surface area contributed by atoms with E-state index in [1.54, 1.807) is 0 Å². The van der Waals surface area contributed by atoms with Gasteiger partial charge in [0.1, 0.15) is 0 Å². The van der Waals surface area contributed by atoms with Gasteiger partial charge in [-0.3, -0.25) is 0 Å². The molecule has 3 rings (SSSR count). The summed E-state index contributed by atoms with van der Waals surface area (Å²) in [6.07, 6.45) is -3.95. The second kappa shape index (κ2) is 2.14. The zero-order valence-corrected chi connectivity index (χ0v) is 6.36. The van der Waals surface area contributed by atoms with Crippen LogP contribution in [0.15, 0.2) is 0 Å². The van der Waals surface area contributed by atoms with E-state index in [9.17, 15) is 18.3 Å². The van der Waals surface area contributed by atoms with Crippen molar-refractivity contribution in [3.63, 3.8) is 0 Å². The van der Waals surface area contributed by atoms with Crippen molar-refractivity contribution in [2.24, 2.45) is 11.8 Å². The van der Waals surface area contributed by atoms with E-state index in [1.807, 2.05) is 0 Å². The Kier molecular flexibility index (Phi) is 1.48. The van der Waals surface area contributed by atoms with Crippen molar-refractivity contribution >= 4 is 0 Å². The van der Waals surface area contributed by atoms with Gasteiger partial charge in [-0.25, -0.2) is 0 Å². The number of fused-ring (bicyclic) bond motifs is 2. The van der Waals surface area contributed by atoms with Gasteiger partial charge in [-0.1, -0.05) is 0 Å². The van der Waals surface area contributed by atoms with E-state index in [2.05, 4.69) is 5.32 Å². The molecular formula is C7H10F3NO. The van der Waals surface area contributed by atoms with Crippen LogP contribution in [0.25, 0.3) is 0 Å². The van der Waals surface area contributed by atoms with Gasteiger partial charge in [0.15, 0.2) is 5.60 Å². The molecular weight excluding hydrogens is 171 g/mol. The van der Waals surface area contributed by atoms with Gasteiger partial charge in [-0.2, -0.15) is 13.2 Å². The summed E-state index contributed by atoms with van der Waals surface area (Å²) in [5.41, 5.74) is -2.39. The summed E-state index contributed by atoms with van der Waals surface area (Å²) in [6, 6.07) is 0. The van der Waals surface area contributed by atoms with E-state index < -0.39 is 23.6 Å². The van der Waals surface area contributed by atoms with Gasteiger partial charge >= 0.3 is 6.18 Å². The Morgan fingerprint density at radius 1 is 1.25 bits per heavy atom.